The van der Waals surface area contributed by atoms with E-state index in [4.69, 9.17) is 4.74 Å². The van der Waals surface area contributed by atoms with Gasteiger partial charge in [0.1, 0.15) is 0 Å². The Morgan fingerprint density at radius 1 is 1.30 bits per heavy atom. The van der Waals surface area contributed by atoms with Crippen LogP contribution in [0.2, 0.25) is 0 Å². The summed E-state index contributed by atoms with van der Waals surface area (Å²) in [4.78, 5) is 12.0. The van der Waals surface area contributed by atoms with Gasteiger partial charge in [0.15, 0.2) is 0 Å². The van der Waals surface area contributed by atoms with Crippen molar-refractivity contribution in [2.24, 2.45) is 5.92 Å². The third-order valence-corrected chi connectivity index (χ3v) is 3.90. The average molecular weight is 276 g/mol. The molecule has 1 fully saturated rings. The van der Waals surface area contributed by atoms with E-state index in [1.54, 1.807) is 6.92 Å². The predicted molar refractivity (Wildman–Crippen MR) is 78.4 cm³/mol. The Labute approximate surface area is 121 Å². The summed E-state index contributed by atoms with van der Waals surface area (Å²) < 4.78 is 5.07. The number of aliphatic hydroxyl groups excluding tert-OH is 1. The smallest absolute Gasteiger partial charge is 0.311 e. The zero-order chi connectivity index (χ0) is 14.5. The van der Waals surface area contributed by atoms with Crippen molar-refractivity contribution in [1.29, 1.82) is 0 Å². The van der Waals surface area contributed by atoms with Gasteiger partial charge in [-0.1, -0.05) is 37.6 Å². The molecule has 1 N–H and O–H groups in total. The van der Waals surface area contributed by atoms with Crippen molar-refractivity contribution in [3.05, 3.63) is 35.4 Å². The molecule has 0 heterocycles. The zero-order valence-corrected chi connectivity index (χ0v) is 12.3. The standard InChI is InChI=1S/C17H24O3/c1-3-5-15(17(19)20-4-2)16(18)14-10-8-13(9-11-14)12-6-7-12/h8-12,15-16,18H,3-7H2,1-2H3. The maximum atomic E-state index is 12.0. The van der Waals surface area contributed by atoms with E-state index in [9.17, 15) is 9.90 Å². The topological polar surface area (TPSA) is 46.5 Å². The highest BCUT2D eigenvalue weighted by molar-refractivity contribution is 5.73. The second-order valence-electron chi connectivity index (χ2n) is 5.53. The van der Waals surface area contributed by atoms with Crippen LogP contribution in [-0.4, -0.2) is 17.7 Å². The Bertz CT molecular complexity index is 434. The Hall–Kier alpha value is -1.35. The van der Waals surface area contributed by atoms with Gasteiger partial charge in [0.05, 0.1) is 18.6 Å². The molecule has 1 aromatic rings. The molecule has 0 radical (unpaired) electrons. The quantitative estimate of drug-likeness (QED) is 0.774. The van der Waals surface area contributed by atoms with Crippen LogP contribution in [0, 0.1) is 5.92 Å². The monoisotopic (exact) mass is 276 g/mol. The lowest BCUT2D eigenvalue weighted by molar-refractivity contribution is -0.152. The van der Waals surface area contributed by atoms with Gasteiger partial charge in [-0.15, -0.1) is 0 Å². The molecule has 20 heavy (non-hydrogen) atoms. The first kappa shape index (κ1) is 15.0. The van der Waals surface area contributed by atoms with Gasteiger partial charge in [-0.05, 0) is 43.2 Å². The summed E-state index contributed by atoms with van der Waals surface area (Å²) in [6, 6.07) is 8.04. The normalized spacial score (nSPS) is 17.6. The molecule has 0 spiro atoms. The molecule has 1 aromatic carbocycles. The van der Waals surface area contributed by atoms with Gasteiger partial charge in [-0.2, -0.15) is 0 Å². The minimum Gasteiger partial charge on any atom is -0.466 e. The molecule has 1 aliphatic carbocycles. The molecule has 1 saturated carbocycles. The highest BCUT2D eigenvalue weighted by atomic mass is 16.5. The van der Waals surface area contributed by atoms with Gasteiger partial charge in [-0.25, -0.2) is 0 Å². The Kier molecular flexibility index (Phi) is 5.18. The maximum Gasteiger partial charge on any atom is 0.311 e. The number of carbonyl (C=O) groups excluding carboxylic acids is 1. The van der Waals surface area contributed by atoms with Crippen molar-refractivity contribution in [3.8, 4) is 0 Å². The molecule has 2 unspecified atom stereocenters. The van der Waals surface area contributed by atoms with E-state index in [1.807, 2.05) is 19.1 Å². The van der Waals surface area contributed by atoms with Gasteiger partial charge < -0.3 is 9.84 Å². The summed E-state index contributed by atoms with van der Waals surface area (Å²) in [7, 11) is 0. The molecule has 0 bridgehead atoms. The summed E-state index contributed by atoms with van der Waals surface area (Å²) in [6.07, 6.45) is 3.25. The number of aliphatic hydroxyl groups is 1. The Balaban J connectivity index is 2.08. The van der Waals surface area contributed by atoms with Crippen LogP contribution in [0.1, 0.15) is 62.7 Å². The van der Waals surface area contributed by atoms with Gasteiger partial charge in [0.25, 0.3) is 0 Å². The van der Waals surface area contributed by atoms with Crippen molar-refractivity contribution in [1.82, 2.24) is 0 Å². The number of hydrogen-bond donors (Lipinski definition) is 1. The highest BCUT2D eigenvalue weighted by Gasteiger charge is 2.29. The van der Waals surface area contributed by atoms with E-state index < -0.39 is 12.0 Å². The molecule has 3 nitrogen and oxygen atoms in total. The number of esters is 1. The number of carbonyl (C=O) groups is 1. The van der Waals surface area contributed by atoms with Crippen LogP contribution in [0.25, 0.3) is 0 Å². The van der Waals surface area contributed by atoms with Crippen molar-refractivity contribution in [2.75, 3.05) is 6.61 Å². The van der Waals surface area contributed by atoms with Crippen molar-refractivity contribution in [2.45, 2.75) is 51.6 Å². The number of rotatable bonds is 7. The highest BCUT2D eigenvalue weighted by Crippen LogP contribution is 2.40. The fourth-order valence-corrected chi connectivity index (χ4v) is 2.58. The minimum atomic E-state index is -0.776. The molecule has 2 atom stereocenters. The Morgan fingerprint density at radius 3 is 2.45 bits per heavy atom. The van der Waals surface area contributed by atoms with Crippen LogP contribution in [-0.2, 0) is 9.53 Å². The summed E-state index contributed by atoms with van der Waals surface area (Å²) in [5, 5.41) is 10.5. The Morgan fingerprint density at radius 2 is 1.95 bits per heavy atom. The van der Waals surface area contributed by atoms with Crippen LogP contribution in [0.4, 0.5) is 0 Å². The predicted octanol–water partition coefficient (Wildman–Crippen LogP) is 3.58. The summed E-state index contributed by atoms with van der Waals surface area (Å²) >= 11 is 0. The summed E-state index contributed by atoms with van der Waals surface area (Å²) in [6.45, 7) is 4.15. The molecule has 0 saturated heterocycles. The first-order valence-electron chi connectivity index (χ1n) is 7.61. The van der Waals surface area contributed by atoms with E-state index in [-0.39, 0.29) is 5.97 Å². The van der Waals surface area contributed by atoms with Gasteiger partial charge >= 0.3 is 5.97 Å². The molecule has 0 amide bonds. The van der Waals surface area contributed by atoms with Gasteiger partial charge in [-0.3, -0.25) is 4.79 Å². The van der Waals surface area contributed by atoms with Crippen molar-refractivity contribution < 1.29 is 14.6 Å². The van der Waals surface area contributed by atoms with Crippen LogP contribution in [0.15, 0.2) is 24.3 Å². The van der Waals surface area contributed by atoms with E-state index in [0.29, 0.717) is 18.9 Å². The molecule has 3 heteroatoms. The van der Waals surface area contributed by atoms with E-state index in [0.717, 1.165) is 12.0 Å². The fourth-order valence-electron chi connectivity index (χ4n) is 2.58. The third-order valence-electron chi connectivity index (χ3n) is 3.90. The lowest BCUT2D eigenvalue weighted by Gasteiger charge is -2.21. The second kappa shape index (κ2) is 6.89. The number of ether oxygens (including phenoxy) is 1. The average Bonchev–Trinajstić information content (AvgIpc) is 3.29. The van der Waals surface area contributed by atoms with E-state index >= 15 is 0 Å². The van der Waals surface area contributed by atoms with Crippen LogP contribution >= 0.6 is 0 Å². The molecule has 110 valence electrons. The number of hydrogen-bond acceptors (Lipinski definition) is 3. The first-order valence-corrected chi connectivity index (χ1v) is 7.61. The van der Waals surface area contributed by atoms with E-state index in [2.05, 4.69) is 12.1 Å². The summed E-state index contributed by atoms with van der Waals surface area (Å²) in [5.74, 6) is -0.0578. The van der Waals surface area contributed by atoms with E-state index in [1.165, 1.54) is 18.4 Å². The van der Waals surface area contributed by atoms with Crippen molar-refractivity contribution >= 4 is 5.97 Å². The zero-order valence-electron chi connectivity index (χ0n) is 12.3. The van der Waals surface area contributed by atoms with Gasteiger partial charge in [0, 0.05) is 0 Å². The molecule has 2 rings (SSSR count). The fraction of sp³-hybridized carbons (Fsp3) is 0.588. The molecular formula is C17H24O3. The SMILES string of the molecule is CCCC(C(=O)OCC)C(O)c1ccc(C2CC2)cc1. The van der Waals surface area contributed by atoms with Crippen LogP contribution in [0.5, 0.6) is 0 Å². The lowest BCUT2D eigenvalue weighted by atomic mass is 9.91. The largest absolute Gasteiger partial charge is 0.466 e. The second-order valence-corrected chi connectivity index (χ2v) is 5.53. The molecular weight excluding hydrogens is 252 g/mol. The van der Waals surface area contributed by atoms with Gasteiger partial charge in [0.2, 0.25) is 0 Å². The molecule has 0 aliphatic heterocycles. The van der Waals surface area contributed by atoms with Crippen LogP contribution in [0.3, 0.4) is 0 Å². The first-order chi connectivity index (χ1) is 9.67. The summed E-state index contributed by atoms with van der Waals surface area (Å²) in [5.41, 5.74) is 2.14. The molecule has 0 aromatic heterocycles. The van der Waals surface area contributed by atoms with Crippen molar-refractivity contribution in [3.63, 3.8) is 0 Å². The minimum absolute atomic E-state index is 0.298. The van der Waals surface area contributed by atoms with Crippen LogP contribution < -0.4 is 0 Å². The number of benzene rings is 1. The lowest BCUT2D eigenvalue weighted by Crippen LogP contribution is -2.24. The third kappa shape index (κ3) is 3.60. The maximum absolute atomic E-state index is 12.0. The molecule has 1 aliphatic rings.